The van der Waals surface area contributed by atoms with Crippen LogP contribution < -0.4 is 0 Å². The molecule has 3 atom stereocenters. The minimum Gasteiger partial charge on any atom is -0.0651 e. The lowest BCUT2D eigenvalue weighted by molar-refractivity contribution is 0.309. The summed E-state index contributed by atoms with van der Waals surface area (Å²) in [4.78, 5) is 0. The first-order chi connectivity index (χ1) is 7.22. The van der Waals surface area contributed by atoms with Crippen molar-refractivity contribution in [3.63, 3.8) is 0 Å². The van der Waals surface area contributed by atoms with Gasteiger partial charge in [-0.3, -0.25) is 0 Å². The van der Waals surface area contributed by atoms with E-state index in [-0.39, 0.29) is 0 Å². The Morgan fingerprint density at radius 1 is 0.800 bits per heavy atom. The molecule has 1 rings (SSSR count). The van der Waals surface area contributed by atoms with Crippen LogP contribution in [0.5, 0.6) is 0 Å². The van der Waals surface area contributed by atoms with Gasteiger partial charge in [-0.2, -0.15) is 0 Å². The average Bonchev–Trinajstić information content (AvgIpc) is 2.23. The van der Waals surface area contributed by atoms with E-state index >= 15 is 0 Å². The lowest BCUT2D eigenvalue weighted by atomic mass is 9.85. The van der Waals surface area contributed by atoms with Crippen LogP contribution in [-0.4, -0.2) is 0 Å². The van der Waals surface area contributed by atoms with Crippen LogP contribution in [0.15, 0.2) is 0 Å². The molecule has 0 aromatic rings. The van der Waals surface area contributed by atoms with Crippen molar-refractivity contribution in [3.8, 4) is 0 Å². The van der Waals surface area contributed by atoms with Crippen LogP contribution in [0, 0.1) is 17.8 Å². The van der Waals surface area contributed by atoms with Crippen molar-refractivity contribution in [3.05, 3.63) is 0 Å². The first kappa shape index (κ1) is 13.1. The van der Waals surface area contributed by atoms with Gasteiger partial charge in [0.15, 0.2) is 0 Å². The second-order valence-corrected chi connectivity index (χ2v) is 5.95. The molecule has 3 unspecified atom stereocenters. The molecule has 1 aliphatic carbocycles. The Hall–Kier alpha value is 0. The molecule has 0 N–H and O–H groups in total. The van der Waals surface area contributed by atoms with E-state index in [1.807, 2.05) is 0 Å². The lowest BCUT2D eigenvalue weighted by Crippen LogP contribution is -2.09. The van der Waals surface area contributed by atoms with Crippen molar-refractivity contribution < 1.29 is 0 Å². The average molecular weight is 210 g/mol. The molecule has 0 aromatic heterocycles. The van der Waals surface area contributed by atoms with Gasteiger partial charge >= 0.3 is 0 Å². The summed E-state index contributed by atoms with van der Waals surface area (Å²) in [6, 6.07) is 0. The number of rotatable bonds is 1. The molecule has 1 saturated carbocycles. The van der Waals surface area contributed by atoms with Crippen LogP contribution in [0.2, 0.25) is 0 Å². The van der Waals surface area contributed by atoms with E-state index in [0.717, 1.165) is 17.8 Å². The van der Waals surface area contributed by atoms with Gasteiger partial charge in [0.05, 0.1) is 0 Å². The Kier molecular flexibility index (Phi) is 6.36. The Morgan fingerprint density at radius 2 is 1.47 bits per heavy atom. The minimum absolute atomic E-state index is 0.961. The van der Waals surface area contributed by atoms with Crippen LogP contribution in [0.1, 0.15) is 78.6 Å². The molecule has 0 heterocycles. The summed E-state index contributed by atoms with van der Waals surface area (Å²) in [6.07, 6.45) is 13.3. The van der Waals surface area contributed by atoms with Gasteiger partial charge in [-0.25, -0.2) is 0 Å². The van der Waals surface area contributed by atoms with Crippen LogP contribution in [0.4, 0.5) is 0 Å². The van der Waals surface area contributed by atoms with Crippen molar-refractivity contribution in [2.24, 2.45) is 17.8 Å². The number of hydrogen-bond donors (Lipinski definition) is 0. The Labute approximate surface area is 96.8 Å². The van der Waals surface area contributed by atoms with Crippen molar-refractivity contribution in [1.29, 1.82) is 0 Å². The van der Waals surface area contributed by atoms with E-state index < -0.39 is 0 Å². The third-order valence-electron chi connectivity index (χ3n) is 4.18. The second kappa shape index (κ2) is 7.30. The molecule has 0 saturated heterocycles. The summed E-state index contributed by atoms with van der Waals surface area (Å²) in [5.74, 6) is 2.95. The highest BCUT2D eigenvalue weighted by atomic mass is 14.2. The van der Waals surface area contributed by atoms with Gasteiger partial charge in [0, 0.05) is 0 Å². The summed E-state index contributed by atoms with van der Waals surface area (Å²) < 4.78 is 0. The fraction of sp³-hybridized carbons (Fsp3) is 1.00. The Balaban J connectivity index is 2.41. The summed E-state index contributed by atoms with van der Waals surface area (Å²) in [6.45, 7) is 7.30. The summed E-state index contributed by atoms with van der Waals surface area (Å²) in [5, 5.41) is 0. The zero-order chi connectivity index (χ0) is 11.1. The predicted molar refractivity (Wildman–Crippen MR) is 69.0 cm³/mol. The molecule has 90 valence electrons. The van der Waals surface area contributed by atoms with Gasteiger partial charge in [-0.15, -0.1) is 0 Å². The van der Waals surface area contributed by atoms with Gasteiger partial charge in [-0.05, 0) is 30.6 Å². The zero-order valence-electron chi connectivity index (χ0n) is 11.1. The fourth-order valence-electron chi connectivity index (χ4n) is 3.24. The molecule has 15 heavy (non-hydrogen) atoms. The predicted octanol–water partition coefficient (Wildman–Crippen LogP) is 5.42. The SMILES string of the molecule is CCC1CCCCCCC(C)CC(C)C1. The molecule has 0 amide bonds. The van der Waals surface area contributed by atoms with Crippen LogP contribution in [-0.2, 0) is 0 Å². The monoisotopic (exact) mass is 210 g/mol. The highest BCUT2D eigenvalue weighted by Crippen LogP contribution is 2.28. The largest absolute Gasteiger partial charge is 0.0651 e. The molecule has 0 radical (unpaired) electrons. The van der Waals surface area contributed by atoms with E-state index in [1.165, 1.54) is 57.8 Å². The molecule has 0 aromatic carbocycles. The van der Waals surface area contributed by atoms with Crippen LogP contribution >= 0.6 is 0 Å². The molecular formula is C15H30. The van der Waals surface area contributed by atoms with Crippen molar-refractivity contribution in [1.82, 2.24) is 0 Å². The summed E-state index contributed by atoms with van der Waals surface area (Å²) in [7, 11) is 0. The van der Waals surface area contributed by atoms with E-state index in [2.05, 4.69) is 20.8 Å². The lowest BCUT2D eigenvalue weighted by Gasteiger charge is -2.21. The van der Waals surface area contributed by atoms with E-state index in [1.54, 1.807) is 0 Å². The van der Waals surface area contributed by atoms with Gasteiger partial charge < -0.3 is 0 Å². The summed E-state index contributed by atoms with van der Waals surface area (Å²) >= 11 is 0. The van der Waals surface area contributed by atoms with Crippen molar-refractivity contribution in [2.75, 3.05) is 0 Å². The minimum atomic E-state index is 0.961. The van der Waals surface area contributed by atoms with Crippen molar-refractivity contribution >= 4 is 0 Å². The third-order valence-corrected chi connectivity index (χ3v) is 4.18. The van der Waals surface area contributed by atoms with Gasteiger partial charge in [0.25, 0.3) is 0 Å². The topological polar surface area (TPSA) is 0 Å². The molecule has 1 aliphatic rings. The molecule has 0 aliphatic heterocycles. The first-order valence-electron chi connectivity index (χ1n) is 7.22. The smallest absolute Gasteiger partial charge is 0.0414 e. The standard InChI is InChI=1S/C15H30/c1-4-15-10-8-6-5-7-9-13(2)11-14(3)12-15/h13-15H,4-12H2,1-3H3. The highest BCUT2D eigenvalue weighted by molar-refractivity contribution is 4.67. The maximum Gasteiger partial charge on any atom is -0.0414 e. The van der Waals surface area contributed by atoms with Crippen molar-refractivity contribution in [2.45, 2.75) is 78.6 Å². The van der Waals surface area contributed by atoms with Crippen LogP contribution in [0.25, 0.3) is 0 Å². The highest BCUT2D eigenvalue weighted by Gasteiger charge is 2.15. The molecule has 0 nitrogen and oxygen atoms in total. The quantitative estimate of drug-likeness (QED) is 0.542. The maximum absolute atomic E-state index is 2.47. The first-order valence-corrected chi connectivity index (χ1v) is 7.22. The third kappa shape index (κ3) is 5.58. The number of hydrogen-bond acceptors (Lipinski definition) is 0. The molecule has 1 fully saturated rings. The Morgan fingerprint density at radius 3 is 2.13 bits per heavy atom. The second-order valence-electron chi connectivity index (χ2n) is 5.95. The maximum atomic E-state index is 2.47. The normalized spacial score (nSPS) is 35.8. The molecule has 0 bridgehead atoms. The van der Waals surface area contributed by atoms with Crippen LogP contribution in [0.3, 0.4) is 0 Å². The molecule has 0 spiro atoms. The fourth-order valence-corrected chi connectivity index (χ4v) is 3.24. The van der Waals surface area contributed by atoms with E-state index in [9.17, 15) is 0 Å². The van der Waals surface area contributed by atoms with E-state index in [0.29, 0.717) is 0 Å². The van der Waals surface area contributed by atoms with Gasteiger partial charge in [0.2, 0.25) is 0 Å². The Bertz CT molecular complexity index is 150. The zero-order valence-corrected chi connectivity index (χ0v) is 11.1. The molecule has 0 heteroatoms. The van der Waals surface area contributed by atoms with Gasteiger partial charge in [0.1, 0.15) is 0 Å². The molecular weight excluding hydrogens is 180 g/mol. The van der Waals surface area contributed by atoms with E-state index in [4.69, 9.17) is 0 Å². The summed E-state index contributed by atoms with van der Waals surface area (Å²) in [5.41, 5.74) is 0. The van der Waals surface area contributed by atoms with Gasteiger partial charge in [-0.1, -0.05) is 65.7 Å².